The van der Waals surface area contributed by atoms with Crippen LogP contribution in [0, 0.1) is 0 Å². The molecule has 3 rings (SSSR count). The number of anilines is 2. The van der Waals surface area contributed by atoms with Gasteiger partial charge in [-0.2, -0.15) is 0 Å². The number of amides is 1. The Morgan fingerprint density at radius 2 is 1.88 bits per heavy atom. The zero-order chi connectivity index (χ0) is 17.3. The van der Waals surface area contributed by atoms with Crippen molar-refractivity contribution in [1.29, 1.82) is 0 Å². The molecule has 2 N–H and O–H groups in total. The van der Waals surface area contributed by atoms with Crippen LogP contribution in [0.2, 0.25) is 0 Å². The van der Waals surface area contributed by atoms with E-state index >= 15 is 0 Å². The van der Waals surface area contributed by atoms with Gasteiger partial charge >= 0.3 is 0 Å². The van der Waals surface area contributed by atoms with Gasteiger partial charge in [0.05, 0.1) is 11.3 Å². The van der Waals surface area contributed by atoms with E-state index < -0.39 is 10.0 Å². The molecule has 6 heteroatoms. The summed E-state index contributed by atoms with van der Waals surface area (Å²) in [4.78, 5) is 11.5. The van der Waals surface area contributed by atoms with E-state index in [4.69, 9.17) is 0 Å². The van der Waals surface area contributed by atoms with Gasteiger partial charge in [-0.3, -0.25) is 9.52 Å². The highest BCUT2D eigenvalue weighted by Gasteiger charge is 2.22. The Bertz CT molecular complexity index is 874. The number of hydrogen-bond donors (Lipinski definition) is 2. The van der Waals surface area contributed by atoms with Crippen molar-refractivity contribution in [1.82, 2.24) is 0 Å². The fourth-order valence-electron chi connectivity index (χ4n) is 2.70. The number of fused-ring (bicyclic) bond motifs is 1. The molecule has 2 aromatic carbocycles. The molecule has 126 valence electrons. The van der Waals surface area contributed by atoms with E-state index in [1.54, 1.807) is 24.3 Å². The molecule has 0 fully saturated rings. The molecular weight excluding hydrogens is 324 g/mol. The maximum Gasteiger partial charge on any atom is 0.261 e. The van der Waals surface area contributed by atoms with E-state index in [0.29, 0.717) is 22.9 Å². The molecule has 0 aliphatic carbocycles. The quantitative estimate of drug-likeness (QED) is 0.872. The predicted molar refractivity (Wildman–Crippen MR) is 94.7 cm³/mol. The second-order valence-electron chi connectivity index (χ2n) is 6.08. The normalized spacial score (nSPS) is 14.8. The van der Waals surface area contributed by atoms with Gasteiger partial charge in [0.25, 0.3) is 10.0 Å². The molecule has 5 nitrogen and oxygen atoms in total. The molecule has 0 radical (unpaired) electrons. The van der Waals surface area contributed by atoms with Crippen LogP contribution in [0.15, 0.2) is 47.4 Å². The van der Waals surface area contributed by atoms with Gasteiger partial charge in [-0.1, -0.05) is 26.0 Å². The summed E-state index contributed by atoms with van der Waals surface area (Å²) in [6, 6.07) is 12.1. The van der Waals surface area contributed by atoms with Crippen LogP contribution in [0.3, 0.4) is 0 Å². The number of rotatable bonds is 5. The molecule has 1 amide bonds. The van der Waals surface area contributed by atoms with Crippen molar-refractivity contribution in [2.75, 3.05) is 10.0 Å². The first-order chi connectivity index (χ1) is 11.4. The van der Waals surface area contributed by atoms with Crippen molar-refractivity contribution in [3.8, 4) is 0 Å². The average molecular weight is 344 g/mol. The van der Waals surface area contributed by atoms with Gasteiger partial charge in [0.15, 0.2) is 0 Å². The van der Waals surface area contributed by atoms with Crippen LogP contribution in [-0.4, -0.2) is 14.3 Å². The van der Waals surface area contributed by atoms with Crippen LogP contribution in [0.4, 0.5) is 11.4 Å². The summed E-state index contributed by atoms with van der Waals surface area (Å²) in [7, 11) is -3.68. The summed E-state index contributed by atoms with van der Waals surface area (Å²) in [5.74, 6) is 0.325. The Kier molecular flexibility index (Phi) is 4.32. The molecule has 1 aliphatic rings. The SMILES string of the molecule is CC[C@H](C)c1ccc(NS(=O)(=O)c2ccc3c(c2)CC(=O)N3)cc1. The Labute approximate surface area is 142 Å². The Morgan fingerprint density at radius 3 is 2.54 bits per heavy atom. The Morgan fingerprint density at radius 1 is 1.17 bits per heavy atom. The third-order valence-corrected chi connectivity index (χ3v) is 5.74. The van der Waals surface area contributed by atoms with Crippen LogP contribution >= 0.6 is 0 Å². The highest BCUT2D eigenvalue weighted by atomic mass is 32.2. The molecule has 1 heterocycles. The molecular formula is C18H20N2O3S. The first-order valence-electron chi connectivity index (χ1n) is 7.94. The summed E-state index contributed by atoms with van der Waals surface area (Å²) in [6.07, 6.45) is 1.25. The van der Waals surface area contributed by atoms with Gasteiger partial charge in [-0.25, -0.2) is 8.42 Å². The van der Waals surface area contributed by atoms with Crippen molar-refractivity contribution < 1.29 is 13.2 Å². The number of hydrogen-bond acceptors (Lipinski definition) is 3. The van der Waals surface area contributed by atoms with Gasteiger partial charge in [-0.05, 0) is 53.8 Å². The van der Waals surface area contributed by atoms with Crippen molar-refractivity contribution in [3.63, 3.8) is 0 Å². The van der Waals surface area contributed by atoms with Gasteiger partial charge in [0.2, 0.25) is 5.91 Å². The largest absolute Gasteiger partial charge is 0.326 e. The van der Waals surface area contributed by atoms with E-state index in [0.717, 1.165) is 6.42 Å². The van der Waals surface area contributed by atoms with Gasteiger partial charge in [0.1, 0.15) is 0 Å². The number of benzene rings is 2. The minimum atomic E-state index is -3.68. The van der Waals surface area contributed by atoms with Crippen molar-refractivity contribution in [3.05, 3.63) is 53.6 Å². The lowest BCUT2D eigenvalue weighted by molar-refractivity contribution is -0.115. The second-order valence-corrected chi connectivity index (χ2v) is 7.76. The molecule has 24 heavy (non-hydrogen) atoms. The molecule has 0 saturated heterocycles. The Hall–Kier alpha value is -2.34. The lowest BCUT2D eigenvalue weighted by atomic mass is 9.99. The van der Waals surface area contributed by atoms with Crippen LogP contribution in [-0.2, 0) is 21.2 Å². The van der Waals surface area contributed by atoms with Crippen molar-refractivity contribution in [2.24, 2.45) is 0 Å². The summed E-state index contributed by atoms with van der Waals surface area (Å²) in [6.45, 7) is 4.26. The monoisotopic (exact) mass is 344 g/mol. The third-order valence-electron chi connectivity index (χ3n) is 4.36. The van der Waals surface area contributed by atoms with Crippen molar-refractivity contribution in [2.45, 2.75) is 37.5 Å². The van der Waals surface area contributed by atoms with E-state index in [-0.39, 0.29) is 17.2 Å². The second kappa shape index (κ2) is 6.28. The summed E-state index contributed by atoms with van der Waals surface area (Å²) >= 11 is 0. The van der Waals surface area contributed by atoms with E-state index in [9.17, 15) is 13.2 Å². The number of nitrogens with one attached hydrogen (secondary N) is 2. The smallest absolute Gasteiger partial charge is 0.261 e. The minimum absolute atomic E-state index is 0.117. The average Bonchev–Trinajstić information content (AvgIpc) is 2.93. The number of carbonyl (C=O) groups excluding carboxylic acids is 1. The first kappa shape index (κ1) is 16.5. The molecule has 0 spiro atoms. The molecule has 2 aromatic rings. The van der Waals surface area contributed by atoms with Crippen LogP contribution in [0.1, 0.15) is 37.3 Å². The summed E-state index contributed by atoms with van der Waals surface area (Å²) in [5, 5.41) is 2.69. The van der Waals surface area contributed by atoms with Gasteiger partial charge in [0, 0.05) is 11.4 Å². The highest BCUT2D eigenvalue weighted by Crippen LogP contribution is 2.27. The first-order valence-corrected chi connectivity index (χ1v) is 9.43. The third kappa shape index (κ3) is 3.28. The maximum absolute atomic E-state index is 12.5. The summed E-state index contributed by atoms with van der Waals surface area (Å²) in [5.41, 5.74) is 3.09. The minimum Gasteiger partial charge on any atom is -0.326 e. The van der Waals surface area contributed by atoms with Crippen LogP contribution in [0.25, 0.3) is 0 Å². The zero-order valence-corrected chi connectivity index (χ0v) is 14.5. The van der Waals surface area contributed by atoms with E-state index in [2.05, 4.69) is 23.9 Å². The standard InChI is InChI=1S/C18H20N2O3S/c1-3-12(2)13-4-6-15(7-5-13)20-24(22,23)16-8-9-17-14(10-16)11-18(21)19-17/h4-10,12,20H,3,11H2,1-2H3,(H,19,21)/t12-/m0/s1. The topological polar surface area (TPSA) is 75.3 Å². The maximum atomic E-state index is 12.5. The lowest BCUT2D eigenvalue weighted by Crippen LogP contribution is -2.13. The van der Waals surface area contributed by atoms with E-state index in [1.807, 2.05) is 12.1 Å². The van der Waals surface area contributed by atoms with Crippen molar-refractivity contribution >= 4 is 27.3 Å². The molecule has 1 aliphatic heterocycles. The molecule has 0 unspecified atom stereocenters. The molecule has 0 saturated carbocycles. The fourth-order valence-corrected chi connectivity index (χ4v) is 3.81. The molecule has 0 bridgehead atoms. The van der Waals surface area contributed by atoms with Crippen LogP contribution < -0.4 is 10.0 Å². The van der Waals surface area contributed by atoms with Gasteiger partial charge < -0.3 is 5.32 Å². The van der Waals surface area contributed by atoms with E-state index in [1.165, 1.54) is 11.6 Å². The summed E-state index contributed by atoms with van der Waals surface area (Å²) < 4.78 is 27.7. The highest BCUT2D eigenvalue weighted by molar-refractivity contribution is 7.92. The lowest BCUT2D eigenvalue weighted by Gasteiger charge is -2.12. The number of sulfonamides is 1. The Balaban J connectivity index is 1.82. The van der Waals surface area contributed by atoms with Crippen LogP contribution in [0.5, 0.6) is 0 Å². The molecule has 0 aromatic heterocycles. The fraction of sp³-hybridized carbons (Fsp3) is 0.278. The predicted octanol–water partition coefficient (Wildman–Crippen LogP) is 3.50. The zero-order valence-electron chi connectivity index (χ0n) is 13.7. The van der Waals surface area contributed by atoms with Gasteiger partial charge in [-0.15, -0.1) is 0 Å². The number of carbonyl (C=O) groups is 1. The molecule has 1 atom stereocenters.